The second-order valence-electron chi connectivity index (χ2n) is 28.1. The minimum Gasteiger partial charge on any atom is -0.423 e. The molecule has 0 spiro atoms. The summed E-state index contributed by atoms with van der Waals surface area (Å²) in [5.74, 6) is 0. The lowest BCUT2D eigenvalue weighted by atomic mass is 9.78. The molecule has 0 fully saturated rings. The summed E-state index contributed by atoms with van der Waals surface area (Å²) < 4.78 is 9.16. The molecule has 0 saturated heterocycles. The molecule has 15 aromatic carbocycles. The summed E-state index contributed by atoms with van der Waals surface area (Å²) in [6, 6.07) is 122. The van der Waals surface area contributed by atoms with E-state index in [1.807, 2.05) is 77.4 Å². The van der Waals surface area contributed by atoms with Crippen molar-refractivity contribution in [3.8, 4) is 56.0 Å². The molecule has 2 N–H and O–H groups in total. The van der Waals surface area contributed by atoms with Gasteiger partial charge in [0.25, 0.3) is 11.4 Å². The van der Waals surface area contributed by atoms with Crippen LogP contribution in [0.5, 0.6) is 0 Å². The number of pyridine rings is 3. The molecule has 0 atom stereocenters. The minimum atomic E-state index is -1.89. The Morgan fingerprint density at radius 2 is 0.709 bits per heavy atom. The molecule has 17 heteroatoms. The van der Waals surface area contributed by atoms with Crippen LogP contribution in [0.3, 0.4) is 0 Å². The van der Waals surface area contributed by atoms with E-state index in [2.05, 4.69) is 292 Å². The smallest absolute Gasteiger partial charge is 0.423 e. The molecule has 117 heavy (non-hydrogen) atoms. The van der Waals surface area contributed by atoms with Gasteiger partial charge in [-0.3, -0.25) is 35.2 Å². The Hall–Kier alpha value is -13.1. The maximum Gasteiger partial charge on any atom is 0.495 e. The fourth-order valence-electron chi connectivity index (χ4n) is 15.5. The zero-order valence-corrected chi connectivity index (χ0v) is 67.3. The molecule has 6 heterocycles. The number of nitrogens with zero attached hydrogens (tertiary/aromatic N) is 5. The largest absolute Gasteiger partial charge is 0.495 e. The highest BCUT2D eigenvalue weighted by Gasteiger charge is 2.26. The van der Waals surface area contributed by atoms with Crippen LogP contribution < -0.4 is 21.4 Å². The van der Waals surface area contributed by atoms with Crippen LogP contribution in [0, 0.1) is 20.2 Å². The Kier molecular flexibility index (Phi) is 21.5. The second-order valence-corrected chi connectivity index (χ2v) is 34.4. The normalized spacial score (nSPS) is 11.4. The maximum atomic E-state index is 11.8. The van der Waals surface area contributed by atoms with Gasteiger partial charge in [-0.25, -0.2) is 0 Å². The summed E-state index contributed by atoms with van der Waals surface area (Å²) in [4.78, 5) is 34.6. The first kappa shape index (κ1) is 75.3. The Labute approximate surface area is 694 Å². The summed E-state index contributed by atoms with van der Waals surface area (Å²) in [6.45, 7) is 0. The summed E-state index contributed by atoms with van der Waals surface area (Å²) in [7, 11) is -2.34. The predicted molar refractivity (Wildman–Crippen MR) is 496 cm³/mol. The van der Waals surface area contributed by atoms with Gasteiger partial charge in [-0.15, -0.1) is 34.0 Å². The predicted octanol–water partition coefficient (Wildman–Crippen LogP) is 25.4. The van der Waals surface area contributed by atoms with Crippen LogP contribution in [0.1, 0.15) is 11.1 Å². The first-order valence-corrected chi connectivity index (χ1v) is 42.5. The lowest BCUT2D eigenvalue weighted by Gasteiger charge is -2.18. The van der Waals surface area contributed by atoms with Gasteiger partial charge in [-0.2, -0.15) is 0 Å². The second kappa shape index (κ2) is 33.4. The van der Waals surface area contributed by atoms with Gasteiger partial charge >= 0.3 is 7.12 Å². The quantitative estimate of drug-likeness (QED) is 0.0587. The molecule has 0 unspecified atom stereocenters. The summed E-state index contributed by atoms with van der Waals surface area (Å²) in [5, 5.41) is 60.6. The van der Waals surface area contributed by atoms with Crippen LogP contribution in [0.15, 0.2) is 381 Å². The number of nitro groups is 2. The topological polar surface area (TPSA) is 165 Å². The van der Waals surface area contributed by atoms with Crippen LogP contribution in [-0.2, 0) is 6.42 Å². The van der Waals surface area contributed by atoms with Crippen molar-refractivity contribution >= 4 is 191 Å². The molecule has 1 aliphatic carbocycles. The van der Waals surface area contributed by atoms with E-state index in [4.69, 9.17) is 10.0 Å². The molecule has 0 saturated carbocycles. The average molecular weight is 1650 g/mol. The molecule has 11 nitrogen and oxygen atoms in total. The molecule has 0 radical (unpaired) electrons. The number of halogens is 1. The van der Waals surface area contributed by atoms with Crippen molar-refractivity contribution in [2.75, 3.05) is 0 Å². The Bertz CT molecular complexity index is 7220. The Balaban J connectivity index is 0.000000103. The van der Waals surface area contributed by atoms with Crippen molar-refractivity contribution in [1.29, 1.82) is 0 Å². The maximum absolute atomic E-state index is 11.8. The molecule has 6 aromatic heterocycles. The summed E-state index contributed by atoms with van der Waals surface area (Å²) in [5.41, 5.74) is 11.6. The van der Waals surface area contributed by atoms with Crippen LogP contribution in [0.4, 0.5) is 11.4 Å². The first-order chi connectivity index (χ1) is 57.4. The van der Waals surface area contributed by atoms with E-state index in [0.29, 0.717) is 16.8 Å². The van der Waals surface area contributed by atoms with Gasteiger partial charge in [0.05, 0.1) is 38.0 Å². The Morgan fingerprint density at radius 3 is 1.18 bits per heavy atom. The Morgan fingerprint density at radius 1 is 0.325 bits per heavy atom. The number of fused-ring (bicyclic) bond motifs is 18. The van der Waals surface area contributed by atoms with E-state index >= 15 is 0 Å². The fraction of sp³-hybridized carbons (Fsp3) is 0.0100. The highest BCUT2D eigenvalue weighted by atomic mass is 79.9. The van der Waals surface area contributed by atoms with Crippen LogP contribution in [0.25, 0.3) is 149 Å². The third kappa shape index (κ3) is 15.5. The van der Waals surface area contributed by atoms with Crippen molar-refractivity contribution in [3.05, 3.63) is 412 Å². The molecule has 0 bridgehead atoms. The van der Waals surface area contributed by atoms with Crippen LogP contribution in [-0.4, -0.2) is 42.0 Å². The molecule has 21 aromatic rings. The van der Waals surface area contributed by atoms with E-state index in [1.165, 1.54) is 144 Å². The zero-order chi connectivity index (χ0) is 79.5. The lowest BCUT2D eigenvalue weighted by Crippen LogP contribution is -2.32. The van der Waals surface area contributed by atoms with Gasteiger partial charge in [-0.1, -0.05) is 246 Å². The zero-order valence-electron chi connectivity index (χ0n) is 62.4. The van der Waals surface area contributed by atoms with Crippen molar-refractivity contribution in [3.63, 3.8) is 0 Å². The van der Waals surface area contributed by atoms with Crippen molar-refractivity contribution in [2.24, 2.45) is 0 Å². The van der Waals surface area contributed by atoms with Gasteiger partial charge in [0.2, 0.25) is 0 Å². The number of thiophene rings is 3. The van der Waals surface area contributed by atoms with E-state index in [0.717, 1.165) is 44.2 Å². The standard InChI is InChI=1S/C28H17NS.C27H16N2O2S.C18H15P.C16H9BrS.C11H9BN2O4/c1-2-7-27-21(5-1)22-11-10-18-14-24-20(16-25(18)28(22)30-27)13-17-8-9-19(15-23(17)24)26-6-3-4-12-29-26;30-29(31)25-13-10-19(24-6-3-4-14-28-24)16-23(25)18-8-11-20-17(15-18)9-12-22-21-5-1-2-7-26(21)32-27(20)22;1-4-10-16(11-5-1)19(17-12-6-2-7-13-17)18-14-8-3-9-15-18;17-11-6-8-12-10(9-11)5-7-14-13-3-1-2-4-15(13)18-16(12)14;15-12(16)9-7-8(4-5-11(9)14(17)18)10-3-1-2-6-13-10/h1-12,14-16H,13H2;1-16H;1-15H;1-9H;1-7,15-16H. The molecule has 22 rings (SSSR count). The van der Waals surface area contributed by atoms with E-state index in [-0.39, 0.29) is 21.8 Å². The minimum absolute atomic E-state index is 0.0898. The van der Waals surface area contributed by atoms with E-state index < -0.39 is 20.0 Å². The van der Waals surface area contributed by atoms with Gasteiger partial charge < -0.3 is 10.0 Å². The molecule has 560 valence electrons. The highest BCUT2D eigenvalue weighted by molar-refractivity contribution is 9.10. The third-order valence-corrected chi connectivity index (χ3v) is 27.6. The number of hydrogen-bond donors (Lipinski definition) is 2. The summed E-state index contributed by atoms with van der Waals surface area (Å²) >= 11 is 9.11. The monoisotopic (exact) mass is 1650 g/mol. The number of benzene rings is 15. The van der Waals surface area contributed by atoms with Gasteiger partial charge in [0.15, 0.2) is 0 Å². The molecule has 1 aliphatic rings. The lowest BCUT2D eigenvalue weighted by molar-refractivity contribution is -0.384. The van der Waals surface area contributed by atoms with Gasteiger partial charge in [0, 0.05) is 112 Å². The van der Waals surface area contributed by atoms with Gasteiger partial charge in [-0.05, 0) is 206 Å². The first-order valence-electron chi connectivity index (χ1n) is 37.9. The molecular weight excluding hydrogens is 1590 g/mol. The van der Waals surface area contributed by atoms with E-state index in [1.54, 1.807) is 54.1 Å². The number of aromatic nitrogens is 3. The molecule has 0 aliphatic heterocycles. The van der Waals surface area contributed by atoms with Crippen molar-refractivity contribution in [2.45, 2.75) is 6.42 Å². The van der Waals surface area contributed by atoms with Crippen LogP contribution in [0.2, 0.25) is 0 Å². The molecular formula is C100H66BBrN5O6PS3. The number of hydrogen-bond acceptors (Lipinski definition) is 12. The van der Waals surface area contributed by atoms with Crippen LogP contribution >= 0.6 is 57.9 Å². The SMILES string of the molecule is Brc1ccc2c(ccc3c4ccccc4sc23)c1.O=[N+]([O-])c1ccc(-c2ccccn2)cc1-c1ccc2c(ccc3c4ccccc4sc23)c1.O=[N+]([O-])c1ccc(-c2ccccn2)cc1B(O)O.c1ccc(-c2ccc3c(c2)-c2cc4ccc5c6ccccc6sc5c4cc2C3)nc1.c1ccc(P(c2ccccc2)c2ccccc2)cc1. The van der Waals surface area contributed by atoms with Gasteiger partial charge in [0.1, 0.15) is 0 Å². The van der Waals surface area contributed by atoms with E-state index in [9.17, 15) is 20.2 Å². The molecule has 0 amide bonds. The fourth-order valence-corrected chi connectivity index (χ4v) is 21.8. The van der Waals surface area contributed by atoms with Crippen molar-refractivity contribution < 1.29 is 19.9 Å². The third-order valence-electron chi connectivity index (χ3n) is 21.0. The average Bonchev–Trinajstić information content (AvgIpc) is 1.60. The number of rotatable bonds is 10. The number of nitro benzene ring substituents is 2. The van der Waals surface area contributed by atoms with Crippen molar-refractivity contribution in [1.82, 2.24) is 15.0 Å². The highest BCUT2D eigenvalue weighted by Crippen LogP contribution is 2.47. The summed E-state index contributed by atoms with van der Waals surface area (Å²) in [6.07, 6.45) is 6.18.